The van der Waals surface area contributed by atoms with Crippen molar-refractivity contribution < 1.29 is 9.84 Å². The van der Waals surface area contributed by atoms with Crippen molar-refractivity contribution in [1.29, 1.82) is 0 Å². The van der Waals surface area contributed by atoms with Crippen LogP contribution in [0.4, 0.5) is 0 Å². The molecule has 0 atom stereocenters. The molecule has 0 saturated carbocycles. The highest BCUT2D eigenvalue weighted by molar-refractivity contribution is 8.93. The minimum Gasteiger partial charge on any atom is -0.490 e. The van der Waals surface area contributed by atoms with E-state index in [0.717, 1.165) is 12.9 Å². The largest absolute Gasteiger partial charge is 1.47 e. The van der Waals surface area contributed by atoms with Crippen molar-refractivity contribution in [2.75, 3.05) is 14.2 Å². The molecule has 0 spiro atoms. The molecule has 0 amide bonds. The standard InChI is InChI=1S/C12H17O.CH4O.BrH.Mg/c1-9-6-7-11(13-5)10(8-9)12(2,3)4;1-2;;/h6,8H,1-5H3;2H,1H3;1H;/q;;;+2. The smallest absolute Gasteiger partial charge is 0.490 e. The predicted octanol–water partition coefficient (Wildman–Crippen LogP) is 2.28. The molecular weight excluding hydrogens is 292 g/mol. The molecule has 0 fully saturated rings. The topological polar surface area (TPSA) is 29.5 Å². The second kappa shape index (κ2) is 8.35. The number of benzene rings is 1. The van der Waals surface area contributed by atoms with E-state index in [9.17, 15) is 0 Å². The highest BCUT2D eigenvalue weighted by Crippen LogP contribution is 2.30. The van der Waals surface area contributed by atoms with Crippen molar-refractivity contribution in [2.45, 2.75) is 33.1 Å². The van der Waals surface area contributed by atoms with Crippen LogP contribution in [0.2, 0.25) is 0 Å². The molecule has 7 radical (unpaired) electrons. The van der Waals surface area contributed by atoms with Crippen molar-refractivity contribution in [1.82, 2.24) is 0 Å². The van der Waals surface area contributed by atoms with Crippen LogP contribution >= 0.6 is 17.0 Å². The number of hydrogen-bond acceptors (Lipinski definition) is 2. The zero-order chi connectivity index (χ0) is 12.9. The van der Waals surface area contributed by atoms with Crippen molar-refractivity contribution in [3.63, 3.8) is 0 Å². The highest BCUT2D eigenvalue weighted by Gasteiger charge is 2.40. The molecule has 1 aromatic rings. The first-order chi connectivity index (χ1) is 7.36. The molecule has 0 aliphatic carbocycles. The molecule has 1 rings (SSSR count). The molecule has 0 bridgehead atoms. The van der Waals surface area contributed by atoms with Crippen molar-refractivity contribution in [2.24, 2.45) is 0 Å². The summed E-state index contributed by atoms with van der Waals surface area (Å²) >= 11 is 1.89. The lowest BCUT2D eigenvalue weighted by atomic mass is 9.85. The maximum absolute atomic E-state index is 7.00. The molecule has 0 aliphatic heterocycles. The van der Waals surface area contributed by atoms with Gasteiger partial charge in [-0.1, -0.05) is 26.8 Å². The SMILES string of the molecule is Br.CO.COc1[c]([Mg+2])cc(C)cc1C(C)(C)C. The van der Waals surface area contributed by atoms with Gasteiger partial charge in [-0.05, 0) is 17.9 Å². The molecular formula is C13H22BrMgO2+2. The van der Waals surface area contributed by atoms with Crippen LogP contribution in [0.15, 0.2) is 12.1 Å². The summed E-state index contributed by atoms with van der Waals surface area (Å²) < 4.78 is 6.71. The number of rotatable bonds is 1. The number of aliphatic hydroxyl groups excluding tert-OH is 1. The molecule has 2 nitrogen and oxygen atoms in total. The monoisotopic (exact) mass is 313 g/mol. The third-order valence-corrected chi connectivity index (χ3v) is 2.85. The van der Waals surface area contributed by atoms with Gasteiger partial charge < -0.3 is 9.84 Å². The Morgan fingerprint density at radius 1 is 1.18 bits per heavy atom. The second-order valence-corrected chi connectivity index (χ2v) is 5.52. The fourth-order valence-corrected chi connectivity index (χ4v) is 2.30. The highest BCUT2D eigenvalue weighted by atomic mass is 79.9. The minimum atomic E-state index is 0. The first kappa shape index (κ1) is 19.6. The number of methoxy groups -OCH3 is 1. The van der Waals surface area contributed by atoms with Crippen LogP contribution in [0, 0.1) is 6.92 Å². The molecule has 4 heteroatoms. The number of aliphatic hydroxyl groups is 1. The lowest BCUT2D eigenvalue weighted by Gasteiger charge is -2.20. The molecule has 1 N–H and O–H groups in total. The Morgan fingerprint density at radius 3 is 2.00 bits per heavy atom. The third kappa shape index (κ3) is 5.60. The van der Waals surface area contributed by atoms with Crippen LogP contribution in [0.25, 0.3) is 0 Å². The lowest BCUT2D eigenvalue weighted by molar-refractivity contribution is 0.399. The van der Waals surface area contributed by atoms with Crippen molar-refractivity contribution >= 4 is 42.4 Å². The Hall–Kier alpha value is 0.226. The average molecular weight is 315 g/mol. The summed E-state index contributed by atoms with van der Waals surface area (Å²) in [4.78, 5) is 0. The normalized spacial score (nSPS) is 9.88. The summed E-state index contributed by atoms with van der Waals surface area (Å²) in [5.41, 5.74) is 2.75. The zero-order valence-corrected chi connectivity index (χ0v) is 14.8. The van der Waals surface area contributed by atoms with Gasteiger partial charge in [-0.15, -0.1) is 17.0 Å². The van der Waals surface area contributed by atoms with Gasteiger partial charge in [0, 0.05) is 18.7 Å². The van der Waals surface area contributed by atoms with Gasteiger partial charge in [-0.25, -0.2) is 0 Å². The molecule has 0 aromatic heterocycles. The summed E-state index contributed by atoms with van der Waals surface area (Å²) in [6.45, 7) is 8.78. The molecule has 0 saturated heterocycles. The fraction of sp³-hybridized carbons (Fsp3) is 0.538. The molecule has 1 aromatic carbocycles. The van der Waals surface area contributed by atoms with Gasteiger partial charge in [0.1, 0.15) is 0 Å². The van der Waals surface area contributed by atoms with Crippen LogP contribution in [-0.2, 0) is 5.41 Å². The zero-order valence-electron chi connectivity index (χ0n) is 11.6. The Balaban J connectivity index is 0. The third-order valence-electron chi connectivity index (χ3n) is 2.32. The van der Waals surface area contributed by atoms with E-state index < -0.39 is 0 Å². The van der Waals surface area contributed by atoms with E-state index in [1.807, 2.05) is 21.7 Å². The molecule has 0 heterocycles. The van der Waals surface area contributed by atoms with Gasteiger partial charge in [0.25, 0.3) is 0 Å². The van der Waals surface area contributed by atoms with Gasteiger partial charge in [0.05, 0.1) is 7.11 Å². The maximum atomic E-state index is 7.00. The number of halogens is 1. The van der Waals surface area contributed by atoms with Crippen LogP contribution in [0.5, 0.6) is 5.75 Å². The van der Waals surface area contributed by atoms with Crippen LogP contribution in [0.1, 0.15) is 31.9 Å². The van der Waals surface area contributed by atoms with E-state index in [2.05, 4.69) is 39.8 Å². The number of aryl methyl sites for hydroxylation is 1. The quantitative estimate of drug-likeness (QED) is 0.806. The van der Waals surface area contributed by atoms with Crippen molar-refractivity contribution in [3.8, 4) is 5.75 Å². The van der Waals surface area contributed by atoms with Crippen LogP contribution in [-0.4, -0.2) is 41.0 Å². The molecule has 17 heavy (non-hydrogen) atoms. The Bertz CT molecular complexity index is 346. The Labute approximate surface area is 128 Å². The molecule has 93 valence electrons. The van der Waals surface area contributed by atoms with Gasteiger partial charge in [0.2, 0.25) is 5.75 Å². The first-order valence-corrected chi connectivity index (χ1v) is 6.02. The van der Waals surface area contributed by atoms with Crippen molar-refractivity contribution in [3.05, 3.63) is 23.3 Å². The Morgan fingerprint density at radius 2 is 1.65 bits per heavy atom. The minimum absolute atomic E-state index is 0. The summed E-state index contributed by atoms with van der Waals surface area (Å²) in [6, 6.07) is 4.39. The lowest BCUT2D eigenvalue weighted by Crippen LogP contribution is -2.19. The second-order valence-electron chi connectivity index (χ2n) is 4.75. The van der Waals surface area contributed by atoms with E-state index in [-0.39, 0.29) is 22.4 Å². The fourth-order valence-electron chi connectivity index (χ4n) is 1.65. The number of ether oxygens (including phenoxy) is 1. The van der Waals surface area contributed by atoms with E-state index in [4.69, 9.17) is 9.84 Å². The summed E-state index contributed by atoms with van der Waals surface area (Å²) in [5, 5.41) is 7.00. The maximum Gasteiger partial charge on any atom is 1.47 e. The van der Waals surface area contributed by atoms with Gasteiger partial charge in [0.15, 0.2) is 0 Å². The predicted molar refractivity (Wildman–Crippen MR) is 80.3 cm³/mol. The Kier molecular flexibility index (Phi) is 9.61. The summed E-state index contributed by atoms with van der Waals surface area (Å²) in [7, 11) is 2.75. The summed E-state index contributed by atoms with van der Waals surface area (Å²) in [5.74, 6) is 1.04. The van der Waals surface area contributed by atoms with Gasteiger partial charge in [-0.3, -0.25) is 0 Å². The molecule has 0 unspecified atom stereocenters. The van der Waals surface area contributed by atoms with E-state index in [1.54, 1.807) is 7.11 Å². The first-order valence-electron chi connectivity index (χ1n) is 5.32. The van der Waals surface area contributed by atoms with E-state index >= 15 is 0 Å². The van der Waals surface area contributed by atoms with Gasteiger partial charge >= 0.3 is 25.4 Å². The van der Waals surface area contributed by atoms with Crippen LogP contribution in [0.3, 0.4) is 0 Å². The van der Waals surface area contributed by atoms with E-state index in [1.165, 1.54) is 14.8 Å². The average Bonchev–Trinajstić information content (AvgIpc) is 2.18. The molecule has 0 aliphatic rings. The number of hydrogen-bond donors (Lipinski definition) is 1. The van der Waals surface area contributed by atoms with E-state index in [0.29, 0.717) is 0 Å². The van der Waals surface area contributed by atoms with Gasteiger partial charge in [-0.2, -0.15) is 0 Å². The summed E-state index contributed by atoms with van der Waals surface area (Å²) in [6.07, 6.45) is 0. The van der Waals surface area contributed by atoms with Crippen LogP contribution < -0.4 is 8.43 Å².